The average Bonchev–Trinajstić information content (AvgIpc) is 2.86. The van der Waals surface area contributed by atoms with Gasteiger partial charge in [-0.3, -0.25) is 4.79 Å². The van der Waals surface area contributed by atoms with E-state index in [-0.39, 0.29) is 5.91 Å². The summed E-state index contributed by atoms with van der Waals surface area (Å²) < 4.78 is 0. The summed E-state index contributed by atoms with van der Waals surface area (Å²) in [5, 5.41) is 2.49. The Balaban J connectivity index is 2.20. The summed E-state index contributed by atoms with van der Waals surface area (Å²) in [6.07, 6.45) is 0. The van der Waals surface area contributed by atoms with E-state index >= 15 is 0 Å². The summed E-state index contributed by atoms with van der Waals surface area (Å²) in [5.41, 5.74) is 6.76. The van der Waals surface area contributed by atoms with Crippen molar-refractivity contribution in [1.82, 2.24) is 4.90 Å². The molecule has 2 N–H and O–H groups in total. The average molecular weight is 295 g/mol. The van der Waals surface area contributed by atoms with Gasteiger partial charge in [-0.25, -0.2) is 0 Å². The Morgan fingerprint density at radius 3 is 2.79 bits per heavy atom. The van der Waals surface area contributed by atoms with Crippen molar-refractivity contribution in [3.8, 4) is 0 Å². The maximum atomic E-state index is 12.4. The number of nitrogens with two attached hydrogens (primary N) is 1. The number of hydrogen-bond acceptors (Lipinski definition) is 3. The Morgan fingerprint density at radius 2 is 2.21 bits per heavy atom. The zero-order valence-electron chi connectivity index (χ0n) is 10.6. The Bertz CT molecular complexity index is 549. The maximum absolute atomic E-state index is 12.4. The number of carbonyl (C=O) groups is 1. The minimum absolute atomic E-state index is 0.0508. The molecule has 1 heterocycles. The molecule has 0 aliphatic carbocycles. The lowest BCUT2D eigenvalue weighted by atomic mass is 10.1. The molecule has 19 heavy (non-hydrogen) atoms. The fraction of sp³-hybridized carbons (Fsp3) is 0.214. The van der Waals surface area contributed by atoms with Gasteiger partial charge in [-0.15, -0.1) is 11.3 Å². The fourth-order valence-electron chi connectivity index (χ4n) is 1.84. The van der Waals surface area contributed by atoms with Gasteiger partial charge < -0.3 is 10.6 Å². The maximum Gasteiger partial charge on any atom is 0.254 e. The number of benzene rings is 1. The molecule has 0 bridgehead atoms. The number of thiophene rings is 1. The monoisotopic (exact) mass is 294 g/mol. The number of nitrogens with zero attached hydrogens (tertiary/aromatic N) is 1. The molecule has 100 valence electrons. The highest BCUT2D eigenvalue weighted by atomic mass is 35.5. The third-order valence-corrected chi connectivity index (χ3v) is 3.84. The number of halogens is 1. The molecule has 1 amide bonds. The van der Waals surface area contributed by atoms with Gasteiger partial charge in [0, 0.05) is 27.7 Å². The van der Waals surface area contributed by atoms with E-state index in [1.807, 2.05) is 24.4 Å². The van der Waals surface area contributed by atoms with Crippen LogP contribution in [-0.2, 0) is 6.54 Å². The zero-order valence-corrected chi connectivity index (χ0v) is 12.2. The molecule has 1 aromatic heterocycles. The number of nitrogen functional groups attached to an aromatic ring is 1. The van der Waals surface area contributed by atoms with Crippen molar-refractivity contribution in [3.05, 3.63) is 51.2 Å². The first-order chi connectivity index (χ1) is 9.10. The number of carbonyl (C=O) groups excluding carboxylic acids is 1. The molecule has 0 spiro atoms. The molecule has 0 atom stereocenters. The van der Waals surface area contributed by atoms with Crippen LogP contribution in [0.15, 0.2) is 35.7 Å². The Hall–Kier alpha value is -1.52. The van der Waals surface area contributed by atoms with Crippen molar-refractivity contribution < 1.29 is 4.79 Å². The van der Waals surface area contributed by atoms with E-state index in [2.05, 4.69) is 0 Å². The van der Waals surface area contributed by atoms with E-state index < -0.39 is 0 Å². The highest BCUT2D eigenvalue weighted by Gasteiger charge is 2.15. The smallest absolute Gasteiger partial charge is 0.254 e. The predicted octanol–water partition coefficient (Wildman–Crippen LogP) is 3.65. The van der Waals surface area contributed by atoms with Crippen LogP contribution in [0, 0.1) is 0 Å². The zero-order chi connectivity index (χ0) is 13.8. The topological polar surface area (TPSA) is 46.3 Å². The van der Waals surface area contributed by atoms with Gasteiger partial charge in [0.2, 0.25) is 0 Å². The van der Waals surface area contributed by atoms with Gasteiger partial charge in [0.15, 0.2) is 0 Å². The molecule has 5 heteroatoms. The molecule has 0 aliphatic rings. The first kappa shape index (κ1) is 13.9. The van der Waals surface area contributed by atoms with Gasteiger partial charge >= 0.3 is 0 Å². The summed E-state index contributed by atoms with van der Waals surface area (Å²) in [4.78, 5) is 15.4. The van der Waals surface area contributed by atoms with E-state index in [9.17, 15) is 4.79 Å². The summed E-state index contributed by atoms with van der Waals surface area (Å²) in [6.45, 7) is 3.21. The van der Waals surface area contributed by atoms with Crippen LogP contribution in [0.3, 0.4) is 0 Å². The minimum atomic E-state index is -0.0508. The van der Waals surface area contributed by atoms with Crippen LogP contribution in [-0.4, -0.2) is 17.4 Å². The molecule has 0 aliphatic heterocycles. The van der Waals surface area contributed by atoms with Gasteiger partial charge in [-0.1, -0.05) is 17.7 Å². The molecule has 0 fully saturated rings. The van der Waals surface area contributed by atoms with Crippen molar-refractivity contribution >= 4 is 34.5 Å². The molecule has 0 unspecified atom stereocenters. The number of anilines is 1. The van der Waals surface area contributed by atoms with Crippen LogP contribution in [0.1, 0.15) is 22.2 Å². The molecular weight excluding hydrogens is 280 g/mol. The molecule has 0 saturated carbocycles. The molecule has 1 aromatic carbocycles. The fourth-order valence-corrected chi connectivity index (χ4v) is 2.80. The van der Waals surface area contributed by atoms with Crippen molar-refractivity contribution in [3.63, 3.8) is 0 Å². The lowest BCUT2D eigenvalue weighted by Crippen LogP contribution is -2.30. The molecule has 3 nitrogen and oxygen atoms in total. The molecule has 0 radical (unpaired) electrons. The highest BCUT2D eigenvalue weighted by molar-refractivity contribution is 7.09. The summed E-state index contributed by atoms with van der Waals surface area (Å²) >= 11 is 7.58. The third-order valence-electron chi connectivity index (χ3n) is 2.76. The summed E-state index contributed by atoms with van der Waals surface area (Å²) in [5.74, 6) is -0.0508. The summed E-state index contributed by atoms with van der Waals surface area (Å²) in [7, 11) is 0. The first-order valence-electron chi connectivity index (χ1n) is 5.98. The van der Waals surface area contributed by atoms with Crippen molar-refractivity contribution in [2.24, 2.45) is 0 Å². The van der Waals surface area contributed by atoms with Gasteiger partial charge in [0.25, 0.3) is 5.91 Å². The Morgan fingerprint density at radius 1 is 1.42 bits per heavy atom. The standard InChI is InChI=1S/C14H15ClN2OS/c1-2-17(9-13-4-3-5-19-13)14(18)10-6-11(15)8-12(16)7-10/h3-8H,2,9,16H2,1H3. The van der Waals surface area contributed by atoms with Gasteiger partial charge in [-0.2, -0.15) is 0 Å². The predicted molar refractivity (Wildman–Crippen MR) is 80.6 cm³/mol. The first-order valence-corrected chi connectivity index (χ1v) is 7.23. The van der Waals surface area contributed by atoms with Crippen LogP contribution in [0.2, 0.25) is 5.02 Å². The van der Waals surface area contributed by atoms with Crippen molar-refractivity contribution in [1.29, 1.82) is 0 Å². The Labute approximate surface area is 121 Å². The largest absolute Gasteiger partial charge is 0.399 e. The van der Waals surface area contributed by atoms with E-state index in [4.69, 9.17) is 17.3 Å². The second-order valence-corrected chi connectivity index (χ2v) is 5.64. The van der Waals surface area contributed by atoms with Crippen LogP contribution in [0.25, 0.3) is 0 Å². The van der Waals surface area contributed by atoms with E-state index in [1.54, 1.807) is 34.4 Å². The van der Waals surface area contributed by atoms with Gasteiger partial charge in [0.1, 0.15) is 0 Å². The quantitative estimate of drug-likeness (QED) is 0.875. The van der Waals surface area contributed by atoms with Crippen molar-refractivity contribution in [2.45, 2.75) is 13.5 Å². The number of amides is 1. The highest BCUT2D eigenvalue weighted by Crippen LogP contribution is 2.19. The Kier molecular flexibility index (Phi) is 4.45. The van der Waals surface area contributed by atoms with Gasteiger partial charge in [-0.05, 0) is 36.6 Å². The lowest BCUT2D eigenvalue weighted by molar-refractivity contribution is 0.0754. The molecule has 2 rings (SSSR count). The lowest BCUT2D eigenvalue weighted by Gasteiger charge is -2.20. The molecule has 2 aromatic rings. The molecule has 0 saturated heterocycles. The van der Waals surface area contributed by atoms with E-state index in [0.29, 0.717) is 29.4 Å². The number of rotatable bonds is 4. The van der Waals surface area contributed by atoms with Crippen LogP contribution in [0.4, 0.5) is 5.69 Å². The van der Waals surface area contributed by atoms with E-state index in [0.717, 1.165) is 4.88 Å². The third kappa shape index (κ3) is 3.49. The molecular formula is C14H15ClN2OS. The van der Waals surface area contributed by atoms with Crippen LogP contribution < -0.4 is 5.73 Å². The van der Waals surface area contributed by atoms with Crippen LogP contribution in [0.5, 0.6) is 0 Å². The van der Waals surface area contributed by atoms with Gasteiger partial charge in [0.05, 0.1) is 6.54 Å². The normalized spacial score (nSPS) is 10.4. The summed E-state index contributed by atoms with van der Waals surface area (Å²) in [6, 6.07) is 8.94. The second kappa shape index (κ2) is 6.08. The second-order valence-electron chi connectivity index (χ2n) is 4.17. The minimum Gasteiger partial charge on any atom is -0.399 e. The van der Waals surface area contributed by atoms with Crippen LogP contribution >= 0.6 is 22.9 Å². The number of hydrogen-bond donors (Lipinski definition) is 1. The van der Waals surface area contributed by atoms with Crippen molar-refractivity contribution in [2.75, 3.05) is 12.3 Å². The van der Waals surface area contributed by atoms with E-state index in [1.165, 1.54) is 0 Å². The SMILES string of the molecule is CCN(Cc1cccs1)C(=O)c1cc(N)cc(Cl)c1.